The molecular weight excluding hydrogens is 286 g/mol. The quantitative estimate of drug-likeness (QED) is 0.868. The van der Waals surface area contributed by atoms with Crippen molar-refractivity contribution in [1.82, 2.24) is 5.32 Å². The summed E-state index contributed by atoms with van der Waals surface area (Å²) in [5.74, 6) is 0. The highest BCUT2D eigenvalue weighted by atomic mass is 79.9. The first kappa shape index (κ1) is 13.3. The fourth-order valence-electron chi connectivity index (χ4n) is 1.85. The summed E-state index contributed by atoms with van der Waals surface area (Å²) in [5.41, 5.74) is 4.04. The molecule has 1 N–H and O–H groups in total. The van der Waals surface area contributed by atoms with Crippen LogP contribution in [0.25, 0.3) is 0 Å². The van der Waals surface area contributed by atoms with Crippen LogP contribution < -0.4 is 5.32 Å². The van der Waals surface area contributed by atoms with E-state index in [2.05, 4.69) is 76.7 Å². The van der Waals surface area contributed by atoms with Gasteiger partial charge in [-0.15, -0.1) is 0 Å². The molecule has 0 unspecified atom stereocenters. The number of rotatable bonds is 5. The monoisotopic (exact) mass is 303 g/mol. The predicted molar refractivity (Wildman–Crippen MR) is 80.5 cm³/mol. The molecule has 2 rings (SSSR count). The van der Waals surface area contributed by atoms with E-state index in [1.165, 1.54) is 16.7 Å². The maximum absolute atomic E-state index is 3.46. The van der Waals surface area contributed by atoms with Gasteiger partial charge in [0.05, 0.1) is 0 Å². The van der Waals surface area contributed by atoms with Crippen molar-refractivity contribution in [3.63, 3.8) is 0 Å². The van der Waals surface area contributed by atoms with Gasteiger partial charge in [0.15, 0.2) is 0 Å². The average Bonchev–Trinajstić information content (AvgIpc) is 2.42. The standard InChI is InChI=1S/C16H18BrN/c1-2-13-3-5-14(6-4-13)11-18-12-15-7-9-16(17)10-8-15/h3-10,18H,2,11-12H2,1H3. The van der Waals surface area contributed by atoms with Crippen LogP contribution in [0.1, 0.15) is 23.6 Å². The van der Waals surface area contributed by atoms with Gasteiger partial charge in [-0.3, -0.25) is 0 Å². The van der Waals surface area contributed by atoms with Gasteiger partial charge in [-0.05, 0) is 35.2 Å². The first-order chi connectivity index (χ1) is 8.78. The molecule has 2 heteroatoms. The Morgan fingerprint density at radius 1 is 0.778 bits per heavy atom. The molecule has 94 valence electrons. The number of nitrogens with one attached hydrogen (secondary N) is 1. The molecule has 1 nitrogen and oxygen atoms in total. The van der Waals surface area contributed by atoms with Gasteiger partial charge in [0.25, 0.3) is 0 Å². The van der Waals surface area contributed by atoms with Crippen LogP contribution in [-0.2, 0) is 19.5 Å². The van der Waals surface area contributed by atoms with Crippen molar-refractivity contribution in [2.24, 2.45) is 0 Å². The highest BCUT2D eigenvalue weighted by Crippen LogP contribution is 2.10. The minimum absolute atomic E-state index is 0.906. The molecule has 2 aromatic carbocycles. The summed E-state index contributed by atoms with van der Waals surface area (Å²) >= 11 is 3.44. The van der Waals surface area contributed by atoms with Gasteiger partial charge in [-0.25, -0.2) is 0 Å². The van der Waals surface area contributed by atoms with Crippen molar-refractivity contribution in [2.75, 3.05) is 0 Å². The summed E-state index contributed by atoms with van der Waals surface area (Å²) in [6.07, 6.45) is 1.10. The van der Waals surface area contributed by atoms with E-state index < -0.39 is 0 Å². The normalized spacial score (nSPS) is 10.6. The Balaban J connectivity index is 1.82. The van der Waals surface area contributed by atoms with E-state index in [9.17, 15) is 0 Å². The molecule has 0 saturated heterocycles. The SMILES string of the molecule is CCc1ccc(CNCc2ccc(Br)cc2)cc1. The Morgan fingerprint density at radius 2 is 1.22 bits per heavy atom. The van der Waals surface area contributed by atoms with Crippen molar-refractivity contribution in [3.05, 3.63) is 69.7 Å². The summed E-state index contributed by atoms with van der Waals surface area (Å²) in [7, 11) is 0. The molecule has 0 spiro atoms. The first-order valence-electron chi connectivity index (χ1n) is 6.31. The van der Waals surface area contributed by atoms with Crippen LogP contribution in [0.5, 0.6) is 0 Å². The van der Waals surface area contributed by atoms with E-state index in [-0.39, 0.29) is 0 Å². The highest BCUT2D eigenvalue weighted by molar-refractivity contribution is 9.10. The van der Waals surface area contributed by atoms with E-state index >= 15 is 0 Å². The zero-order valence-electron chi connectivity index (χ0n) is 10.6. The van der Waals surface area contributed by atoms with Gasteiger partial charge in [0.2, 0.25) is 0 Å². The maximum Gasteiger partial charge on any atom is 0.0208 e. The molecule has 0 aliphatic heterocycles. The predicted octanol–water partition coefficient (Wildman–Crippen LogP) is 4.30. The third-order valence-electron chi connectivity index (χ3n) is 3.00. The number of hydrogen-bond donors (Lipinski definition) is 1. The van der Waals surface area contributed by atoms with Crippen LogP contribution in [0, 0.1) is 0 Å². The summed E-state index contributed by atoms with van der Waals surface area (Å²) in [6.45, 7) is 4.00. The van der Waals surface area contributed by atoms with Crippen LogP contribution in [-0.4, -0.2) is 0 Å². The Morgan fingerprint density at radius 3 is 1.72 bits per heavy atom. The van der Waals surface area contributed by atoms with Gasteiger partial charge >= 0.3 is 0 Å². The second-order valence-electron chi connectivity index (χ2n) is 4.40. The molecule has 0 bridgehead atoms. The topological polar surface area (TPSA) is 12.0 Å². The molecule has 0 fully saturated rings. The molecular formula is C16H18BrN. The zero-order chi connectivity index (χ0) is 12.8. The molecule has 0 aliphatic rings. The van der Waals surface area contributed by atoms with E-state index in [4.69, 9.17) is 0 Å². The van der Waals surface area contributed by atoms with Crippen LogP contribution in [0.2, 0.25) is 0 Å². The third kappa shape index (κ3) is 3.97. The molecule has 0 heterocycles. The first-order valence-corrected chi connectivity index (χ1v) is 7.10. The molecule has 0 aromatic heterocycles. The van der Waals surface area contributed by atoms with Crippen LogP contribution in [0.4, 0.5) is 0 Å². The molecule has 0 radical (unpaired) electrons. The van der Waals surface area contributed by atoms with Crippen molar-refractivity contribution >= 4 is 15.9 Å². The highest BCUT2D eigenvalue weighted by Gasteiger charge is 1.95. The second-order valence-corrected chi connectivity index (χ2v) is 5.32. The lowest BCUT2D eigenvalue weighted by Gasteiger charge is -2.06. The Kier molecular flexibility index (Phi) is 4.97. The lowest BCUT2D eigenvalue weighted by Crippen LogP contribution is -2.12. The van der Waals surface area contributed by atoms with Gasteiger partial charge in [-0.1, -0.05) is 59.3 Å². The molecule has 18 heavy (non-hydrogen) atoms. The third-order valence-corrected chi connectivity index (χ3v) is 3.53. The zero-order valence-corrected chi connectivity index (χ0v) is 12.2. The second kappa shape index (κ2) is 6.72. The number of benzene rings is 2. The molecule has 0 saturated carbocycles. The minimum atomic E-state index is 0.906. The van der Waals surface area contributed by atoms with E-state index in [0.717, 1.165) is 24.0 Å². The molecule has 2 aromatic rings. The van der Waals surface area contributed by atoms with Crippen LogP contribution in [0.3, 0.4) is 0 Å². The smallest absolute Gasteiger partial charge is 0.0208 e. The number of halogens is 1. The van der Waals surface area contributed by atoms with Gasteiger partial charge in [-0.2, -0.15) is 0 Å². The van der Waals surface area contributed by atoms with E-state index in [1.54, 1.807) is 0 Å². The van der Waals surface area contributed by atoms with Crippen molar-refractivity contribution < 1.29 is 0 Å². The van der Waals surface area contributed by atoms with Gasteiger partial charge < -0.3 is 5.32 Å². The van der Waals surface area contributed by atoms with Crippen LogP contribution in [0.15, 0.2) is 53.0 Å². The van der Waals surface area contributed by atoms with Gasteiger partial charge in [0.1, 0.15) is 0 Å². The Labute approximate surface area is 117 Å². The number of hydrogen-bond acceptors (Lipinski definition) is 1. The van der Waals surface area contributed by atoms with Crippen molar-refractivity contribution in [1.29, 1.82) is 0 Å². The molecule has 0 aliphatic carbocycles. The summed E-state index contributed by atoms with van der Waals surface area (Å²) < 4.78 is 1.13. The molecule has 0 atom stereocenters. The van der Waals surface area contributed by atoms with Gasteiger partial charge in [0, 0.05) is 17.6 Å². The van der Waals surface area contributed by atoms with E-state index in [0.29, 0.717) is 0 Å². The fourth-order valence-corrected chi connectivity index (χ4v) is 2.11. The Hall–Kier alpha value is -1.12. The Bertz CT molecular complexity index is 473. The summed E-state index contributed by atoms with van der Waals surface area (Å²) in [4.78, 5) is 0. The summed E-state index contributed by atoms with van der Waals surface area (Å²) in [6, 6.07) is 17.2. The van der Waals surface area contributed by atoms with Crippen molar-refractivity contribution in [3.8, 4) is 0 Å². The van der Waals surface area contributed by atoms with Crippen molar-refractivity contribution in [2.45, 2.75) is 26.4 Å². The fraction of sp³-hybridized carbons (Fsp3) is 0.250. The average molecular weight is 304 g/mol. The number of aryl methyl sites for hydroxylation is 1. The minimum Gasteiger partial charge on any atom is -0.309 e. The lowest BCUT2D eigenvalue weighted by atomic mass is 10.1. The molecule has 0 amide bonds. The summed E-state index contributed by atoms with van der Waals surface area (Å²) in [5, 5.41) is 3.46. The largest absolute Gasteiger partial charge is 0.309 e. The van der Waals surface area contributed by atoms with E-state index in [1.807, 2.05) is 0 Å². The van der Waals surface area contributed by atoms with Crippen LogP contribution >= 0.6 is 15.9 Å². The maximum atomic E-state index is 3.46. The lowest BCUT2D eigenvalue weighted by molar-refractivity contribution is 0.693.